The zero-order valence-electron chi connectivity index (χ0n) is 16.5. The van der Waals surface area contributed by atoms with Crippen molar-refractivity contribution in [3.8, 4) is 0 Å². The maximum absolute atomic E-state index is 12.7. The average Bonchev–Trinajstić information content (AvgIpc) is 2.74. The summed E-state index contributed by atoms with van der Waals surface area (Å²) in [5, 5.41) is 3.08. The molecule has 1 fully saturated rings. The number of carbonyl (C=O) groups is 1. The van der Waals surface area contributed by atoms with Crippen molar-refractivity contribution < 1.29 is 18.0 Å². The van der Waals surface area contributed by atoms with Crippen molar-refractivity contribution in [2.24, 2.45) is 5.92 Å². The van der Waals surface area contributed by atoms with Crippen LogP contribution in [0.15, 0.2) is 48.7 Å². The number of halogens is 3. The summed E-state index contributed by atoms with van der Waals surface area (Å²) in [7, 11) is 0. The van der Waals surface area contributed by atoms with Crippen LogP contribution in [-0.2, 0) is 11.0 Å². The van der Waals surface area contributed by atoms with Crippen molar-refractivity contribution in [2.75, 3.05) is 24.5 Å². The van der Waals surface area contributed by atoms with Gasteiger partial charge < -0.3 is 10.2 Å². The minimum absolute atomic E-state index is 0.0550. The maximum atomic E-state index is 12.7. The van der Waals surface area contributed by atoms with Gasteiger partial charge in [0, 0.05) is 37.7 Å². The highest BCUT2D eigenvalue weighted by Gasteiger charge is 2.31. The third-order valence-electron chi connectivity index (χ3n) is 5.55. The van der Waals surface area contributed by atoms with Crippen LogP contribution in [0.5, 0.6) is 0 Å². The molecular formula is C22H26F3N3O. The third kappa shape index (κ3) is 5.49. The molecule has 1 N–H and O–H groups in total. The average molecular weight is 405 g/mol. The van der Waals surface area contributed by atoms with E-state index in [-0.39, 0.29) is 17.7 Å². The van der Waals surface area contributed by atoms with E-state index >= 15 is 0 Å². The molecule has 0 radical (unpaired) electrons. The second-order valence-corrected chi connectivity index (χ2v) is 7.43. The Morgan fingerprint density at radius 3 is 2.41 bits per heavy atom. The van der Waals surface area contributed by atoms with Crippen LogP contribution in [0.4, 0.5) is 19.0 Å². The summed E-state index contributed by atoms with van der Waals surface area (Å²) < 4.78 is 38.0. The second-order valence-electron chi connectivity index (χ2n) is 7.43. The zero-order valence-corrected chi connectivity index (χ0v) is 16.5. The van der Waals surface area contributed by atoms with Crippen LogP contribution < -0.4 is 10.2 Å². The van der Waals surface area contributed by atoms with Gasteiger partial charge in [-0.2, -0.15) is 13.2 Å². The molecule has 1 unspecified atom stereocenters. The molecule has 4 nitrogen and oxygen atoms in total. The number of pyridine rings is 1. The summed E-state index contributed by atoms with van der Waals surface area (Å²) in [6, 6.07) is 12.6. The molecule has 156 valence electrons. The summed E-state index contributed by atoms with van der Waals surface area (Å²) in [5.74, 6) is 0.789. The normalized spacial score (nSPS) is 16.5. The van der Waals surface area contributed by atoms with Gasteiger partial charge in [-0.3, -0.25) is 4.79 Å². The Bertz CT molecular complexity index is 785. The minimum atomic E-state index is -4.38. The van der Waals surface area contributed by atoms with Gasteiger partial charge in [0.1, 0.15) is 5.82 Å². The Kier molecular flexibility index (Phi) is 6.77. The lowest BCUT2D eigenvalue weighted by molar-refractivity contribution is -0.137. The molecular weight excluding hydrogens is 379 g/mol. The molecule has 0 spiro atoms. The van der Waals surface area contributed by atoms with E-state index in [9.17, 15) is 18.0 Å². The van der Waals surface area contributed by atoms with Crippen molar-refractivity contribution >= 4 is 11.7 Å². The number of carbonyl (C=O) groups excluding carboxylic acids is 1. The highest BCUT2D eigenvalue weighted by atomic mass is 19.4. The Labute approximate surface area is 169 Å². The quantitative estimate of drug-likeness (QED) is 0.762. The highest BCUT2D eigenvalue weighted by Crippen LogP contribution is 2.30. The Hall–Kier alpha value is -2.57. The first-order valence-electron chi connectivity index (χ1n) is 9.99. The van der Waals surface area contributed by atoms with Crippen LogP contribution in [0, 0.1) is 5.92 Å². The van der Waals surface area contributed by atoms with E-state index in [1.807, 2.05) is 23.1 Å². The summed E-state index contributed by atoms with van der Waals surface area (Å²) in [6.07, 6.45) is -1.25. The van der Waals surface area contributed by atoms with Gasteiger partial charge in [0.15, 0.2) is 0 Å². The number of aromatic nitrogens is 1. The molecule has 1 aliphatic heterocycles. The molecule has 0 bridgehead atoms. The van der Waals surface area contributed by atoms with Crippen molar-refractivity contribution in [2.45, 2.75) is 38.3 Å². The number of amides is 1. The molecule has 2 heterocycles. The fourth-order valence-corrected chi connectivity index (χ4v) is 3.70. The molecule has 1 saturated heterocycles. The fourth-order valence-electron chi connectivity index (χ4n) is 3.70. The van der Waals surface area contributed by atoms with Crippen LogP contribution >= 0.6 is 0 Å². The Morgan fingerprint density at radius 2 is 1.86 bits per heavy atom. The first-order chi connectivity index (χ1) is 13.9. The van der Waals surface area contributed by atoms with Gasteiger partial charge >= 0.3 is 6.18 Å². The number of benzene rings is 1. The molecule has 0 aliphatic carbocycles. The molecule has 1 atom stereocenters. The van der Waals surface area contributed by atoms with Gasteiger partial charge in [-0.1, -0.05) is 37.3 Å². The number of hydrogen-bond acceptors (Lipinski definition) is 3. The minimum Gasteiger partial charge on any atom is -0.357 e. The van der Waals surface area contributed by atoms with E-state index in [0.29, 0.717) is 38.3 Å². The standard InChI is InChI=1S/C22H26F3N3O/c1-2-16(17-6-4-3-5-7-17)14-27-21(29)18-10-12-28(13-11-18)20-9-8-19(15-26-20)22(23,24)25/h3-9,15-16,18H,2,10-14H2,1H3,(H,27,29). The summed E-state index contributed by atoms with van der Waals surface area (Å²) in [5.41, 5.74) is 0.470. The number of nitrogens with zero attached hydrogens (tertiary/aromatic N) is 2. The maximum Gasteiger partial charge on any atom is 0.417 e. The molecule has 1 aliphatic rings. The van der Waals surface area contributed by atoms with Crippen LogP contribution in [0.25, 0.3) is 0 Å². The Morgan fingerprint density at radius 1 is 1.17 bits per heavy atom. The number of nitrogens with one attached hydrogen (secondary N) is 1. The van der Waals surface area contributed by atoms with Gasteiger partial charge in [0.25, 0.3) is 0 Å². The van der Waals surface area contributed by atoms with Crippen LogP contribution in [0.1, 0.15) is 43.2 Å². The van der Waals surface area contributed by atoms with E-state index in [4.69, 9.17) is 0 Å². The van der Waals surface area contributed by atoms with Crippen molar-refractivity contribution in [3.05, 3.63) is 59.8 Å². The van der Waals surface area contributed by atoms with Crippen molar-refractivity contribution in [1.82, 2.24) is 10.3 Å². The van der Waals surface area contributed by atoms with E-state index < -0.39 is 11.7 Å². The molecule has 1 amide bonds. The zero-order chi connectivity index (χ0) is 20.9. The lowest BCUT2D eigenvalue weighted by Crippen LogP contribution is -2.41. The van der Waals surface area contributed by atoms with E-state index in [2.05, 4.69) is 29.4 Å². The predicted molar refractivity (Wildman–Crippen MR) is 107 cm³/mol. The van der Waals surface area contributed by atoms with Gasteiger partial charge in [-0.25, -0.2) is 4.98 Å². The molecule has 29 heavy (non-hydrogen) atoms. The second kappa shape index (κ2) is 9.29. The van der Waals surface area contributed by atoms with Crippen LogP contribution in [0.2, 0.25) is 0 Å². The van der Waals surface area contributed by atoms with Gasteiger partial charge in [0.2, 0.25) is 5.91 Å². The van der Waals surface area contributed by atoms with Crippen molar-refractivity contribution in [1.29, 1.82) is 0 Å². The lowest BCUT2D eigenvalue weighted by atomic mass is 9.94. The smallest absolute Gasteiger partial charge is 0.357 e. The van der Waals surface area contributed by atoms with Crippen LogP contribution in [-0.4, -0.2) is 30.5 Å². The first kappa shape index (κ1) is 21.1. The van der Waals surface area contributed by atoms with E-state index in [1.54, 1.807) is 0 Å². The van der Waals surface area contributed by atoms with Gasteiger partial charge in [0.05, 0.1) is 5.56 Å². The third-order valence-corrected chi connectivity index (χ3v) is 5.55. The molecule has 0 saturated carbocycles. The monoisotopic (exact) mass is 405 g/mol. The van der Waals surface area contributed by atoms with Gasteiger partial charge in [-0.05, 0) is 37.0 Å². The van der Waals surface area contributed by atoms with Crippen LogP contribution in [0.3, 0.4) is 0 Å². The molecule has 7 heteroatoms. The molecule has 1 aromatic carbocycles. The Balaban J connectivity index is 1.49. The van der Waals surface area contributed by atoms with Gasteiger partial charge in [-0.15, -0.1) is 0 Å². The van der Waals surface area contributed by atoms with E-state index in [1.165, 1.54) is 11.6 Å². The molecule has 3 rings (SSSR count). The first-order valence-corrected chi connectivity index (χ1v) is 9.99. The summed E-state index contributed by atoms with van der Waals surface area (Å²) in [4.78, 5) is 18.5. The van der Waals surface area contributed by atoms with Crippen molar-refractivity contribution in [3.63, 3.8) is 0 Å². The number of rotatable bonds is 6. The fraction of sp³-hybridized carbons (Fsp3) is 0.455. The summed E-state index contributed by atoms with van der Waals surface area (Å²) >= 11 is 0. The number of piperidine rings is 1. The lowest BCUT2D eigenvalue weighted by Gasteiger charge is -2.32. The molecule has 1 aromatic heterocycles. The predicted octanol–water partition coefficient (Wildman–Crippen LogP) is 4.63. The number of anilines is 1. The topological polar surface area (TPSA) is 45.2 Å². The molecule has 2 aromatic rings. The number of hydrogen-bond donors (Lipinski definition) is 1. The SMILES string of the molecule is CCC(CNC(=O)C1CCN(c2ccc(C(F)(F)F)cn2)CC1)c1ccccc1. The largest absolute Gasteiger partial charge is 0.417 e. The summed E-state index contributed by atoms with van der Waals surface area (Å²) in [6.45, 7) is 3.93. The van der Waals surface area contributed by atoms with E-state index in [0.717, 1.165) is 18.7 Å². The highest BCUT2D eigenvalue weighted by molar-refractivity contribution is 5.79. The number of alkyl halides is 3.